The minimum atomic E-state index is -0.143. The summed E-state index contributed by atoms with van der Waals surface area (Å²) in [6, 6.07) is 5.84. The van der Waals surface area contributed by atoms with Crippen LogP contribution in [0, 0.1) is 11.7 Å². The summed E-state index contributed by atoms with van der Waals surface area (Å²) in [4.78, 5) is 2.36. The minimum Gasteiger partial charge on any atom is -0.469 e. The Morgan fingerprint density at radius 3 is 3.08 bits per heavy atom. The van der Waals surface area contributed by atoms with Gasteiger partial charge in [0.25, 0.3) is 0 Å². The summed E-state index contributed by atoms with van der Waals surface area (Å²) in [5.41, 5.74) is 1.88. The highest BCUT2D eigenvalue weighted by Crippen LogP contribution is 2.51. The maximum absolute atomic E-state index is 14.8. The molecule has 0 bridgehead atoms. The van der Waals surface area contributed by atoms with Crippen molar-refractivity contribution in [2.24, 2.45) is 5.92 Å². The fourth-order valence-electron chi connectivity index (χ4n) is 4.87. The van der Waals surface area contributed by atoms with Crippen LogP contribution in [0.25, 0.3) is 0 Å². The normalized spacial score (nSPS) is 28.0. The molecule has 0 N–H and O–H groups in total. The van der Waals surface area contributed by atoms with Crippen molar-refractivity contribution < 1.29 is 18.3 Å². The number of hydrogen-bond acceptors (Lipinski definition) is 4. The molecule has 1 saturated heterocycles. The number of hydrogen-bond donors (Lipinski definition) is 0. The molecule has 3 unspecified atom stereocenters. The van der Waals surface area contributed by atoms with E-state index in [9.17, 15) is 4.39 Å². The average Bonchev–Trinajstić information content (AvgIpc) is 3.28. The zero-order valence-corrected chi connectivity index (χ0v) is 13.6. The number of likely N-dealkylation sites (tertiary alicyclic amines) is 1. The lowest BCUT2D eigenvalue weighted by Gasteiger charge is -2.31. The van der Waals surface area contributed by atoms with E-state index in [0.29, 0.717) is 17.7 Å². The molecule has 4 nitrogen and oxygen atoms in total. The van der Waals surface area contributed by atoms with E-state index in [4.69, 9.17) is 13.9 Å². The maximum atomic E-state index is 14.8. The van der Waals surface area contributed by atoms with Crippen molar-refractivity contribution in [2.45, 2.75) is 31.2 Å². The Kier molecular flexibility index (Phi) is 3.13. The zero-order chi connectivity index (χ0) is 16.3. The first-order valence-corrected chi connectivity index (χ1v) is 8.56. The summed E-state index contributed by atoms with van der Waals surface area (Å²) < 4.78 is 31.4. The lowest BCUT2D eigenvalue weighted by Crippen LogP contribution is -2.32. The van der Waals surface area contributed by atoms with Gasteiger partial charge < -0.3 is 18.8 Å². The number of likely N-dealkylation sites (N-methyl/N-ethyl adjacent to an activating group) is 1. The van der Waals surface area contributed by atoms with Gasteiger partial charge >= 0.3 is 0 Å². The molecule has 1 fully saturated rings. The van der Waals surface area contributed by atoms with Crippen molar-refractivity contribution in [3.05, 3.63) is 47.2 Å². The van der Waals surface area contributed by atoms with Gasteiger partial charge in [0.1, 0.15) is 11.6 Å². The van der Waals surface area contributed by atoms with Crippen LogP contribution in [0.15, 0.2) is 28.9 Å². The van der Waals surface area contributed by atoms with Crippen LogP contribution in [0.3, 0.4) is 0 Å². The van der Waals surface area contributed by atoms with Crippen molar-refractivity contribution in [3.63, 3.8) is 0 Å². The molecular formula is C19H20FNO3. The Morgan fingerprint density at radius 1 is 1.33 bits per heavy atom. The molecule has 5 heteroatoms. The van der Waals surface area contributed by atoms with Crippen LogP contribution in [-0.4, -0.2) is 31.3 Å². The molecule has 0 saturated carbocycles. The maximum Gasteiger partial charge on any atom is 0.231 e. The second-order valence-corrected chi connectivity index (χ2v) is 7.08. The number of nitrogens with zero attached hydrogens (tertiary/aromatic N) is 1. The smallest absolute Gasteiger partial charge is 0.231 e. The van der Waals surface area contributed by atoms with E-state index in [1.165, 1.54) is 6.07 Å². The van der Waals surface area contributed by atoms with Crippen molar-refractivity contribution in [2.75, 3.05) is 20.4 Å². The van der Waals surface area contributed by atoms with Crippen LogP contribution in [0.5, 0.6) is 11.5 Å². The highest BCUT2D eigenvalue weighted by atomic mass is 19.1. The van der Waals surface area contributed by atoms with Gasteiger partial charge in [-0.2, -0.15) is 0 Å². The lowest BCUT2D eigenvalue weighted by atomic mass is 9.73. The van der Waals surface area contributed by atoms with E-state index < -0.39 is 0 Å². The van der Waals surface area contributed by atoms with Gasteiger partial charge in [-0.3, -0.25) is 0 Å². The Hall–Kier alpha value is -2.01. The van der Waals surface area contributed by atoms with E-state index in [1.54, 1.807) is 6.26 Å². The first-order chi connectivity index (χ1) is 11.7. The summed E-state index contributed by atoms with van der Waals surface area (Å²) in [5, 5.41) is 0. The third-order valence-electron chi connectivity index (χ3n) is 5.91. The molecule has 0 amide bonds. The van der Waals surface area contributed by atoms with E-state index in [1.807, 2.05) is 12.1 Å². The van der Waals surface area contributed by atoms with Crippen LogP contribution in [-0.2, 0) is 12.8 Å². The monoisotopic (exact) mass is 329 g/mol. The summed E-state index contributed by atoms with van der Waals surface area (Å²) in [6.45, 7) is 1.07. The molecule has 5 rings (SSSR count). The quantitative estimate of drug-likeness (QED) is 0.846. The van der Waals surface area contributed by atoms with Crippen LogP contribution >= 0.6 is 0 Å². The minimum absolute atomic E-state index is 0.143. The number of halogens is 1. The Bertz CT molecular complexity index is 773. The fraction of sp³-hybridized carbons (Fsp3) is 0.474. The van der Waals surface area contributed by atoms with E-state index in [2.05, 4.69) is 11.9 Å². The van der Waals surface area contributed by atoms with Gasteiger partial charge in [-0.05, 0) is 43.5 Å². The summed E-state index contributed by atoms with van der Waals surface area (Å²) in [6.07, 6.45) is 4.50. The standard InChI is InChI=1S/C19H20FNO3/c1-21-9-14-12(16(21)7-11-3-2-6-22-11)4-5-13-18(14)15(20)8-17-19(13)24-10-23-17/h2-3,6,8,12,14,16H,4-5,7,9-10H2,1H3. The third-order valence-corrected chi connectivity index (χ3v) is 5.91. The molecule has 2 aromatic rings. The summed E-state index contributed by atoms with van der Waals surface area (Å²) >= 11 is 0. The number of ether oxygens (including phenoxy) is 2. The Balaban J connectivity index is 1.52. The van der Waals surface area contributed by atoms with Gasteiger partial charge in [0.05, 0.1) is 6.26 Å². The van der Waals surface area contributed by atoms with Gasteiger partial charge in [0.2, 0.25) is 6.79 Å². The number of rotatable bonds is 2. The molecule has 1 aromatic heterocycles. The van der Waals surface area contributed by atoms with Crippen molar-refractivity contribution in [1.29, 1.82) is 0 Å². The Labute approximate surface area is 140 Å². The van der Waals surface area contributed by atoms with Crippen LogP contribution in [0.4, 0.5) is 4.39 Å². The molecule has 1 aliphatic carbocycles. The molecule has 3 atom stereocenters. The molecule has 1 aromatic carbocycles. The molecular weight excluding hydrogens is 309 g/mol. The van der Waals surface area contributed by atoms with Crippen LogP contribution < -0.4 is 9.47 Å². The second-order valence-electron chi connectivity index (χ2n) is 7.08. The van der Waals surface area contributed by atoms with E-state index in [-0.39, 0.29) is 18.5 Å². The van der Waals surface area contributed by atoms with Gasteiger partial charge in [-0.15, -0.1) is 0 Å². The Morgan fingerprint density at radius 2 is 2.25 bits per heavy atom. The summed E-state index contributed by atoms with van der Waals surface area (Å²) in [5.74, 6) is 2.85. The van der Waals surface area contributed by atoms with Crippen molar-refractivity contribution >= 4 is 0 Å². The molecule has 126 valence electrons. The van der Waals surface area contributed by atoms with Gasteiger partial charge in [0.15, 0.2) is 11.5 Å². The predicted molar refractivity (Wildman–Crippen MR) is 85.9 cm³/mol. The summed E-state index contributed by atoms with van der Waals surface area (Å²) in [7, 11) is 2.14. The lowest BCUT2D eigenvalue weighted by molar-refractivity contribution is 0.172. The van der Waals surface area contributed by atoms with Crippen LogP contribution in [0.2, 0.25) is 0 Å². The average molecular weight is 329 g/mol. The first-order valence-electron chi connectivity index (χ1n) is 8.56. The molecule has 3 heterocycles. The zero-order valence-electron chi connectivity index (χ0n) is 13.6. The molecule has 0 spiro atoms. The van der Waals surface area contributed by atoms with Gasteiger partial charge in [-0.25, -0.2) is 4.39 Å². The second kappa shape index (κ2) is 5.24. The predicted octanol–water partition coefficient (Wildman–Crippen LogP) is 3.35. The van der Waals surface area contributed by atoms with Crippen LogP contribution in [0.1, 0.15) is 29.2 Å². The van der Waals surface area contributed by atoms with Gasteiger partial charge in [0, 0.05) is 36.6 Å². The number of fused-ring (bicyclic) bond motifs is 5. The highest BCUT2D eigenvalue weighted by Gasteiger charge is 2.46. The number of furan rings is 1. The van der Waals surface area contributed by atoms with Crippen molar-refractivity contribution in [1.82, 2.24) is 4.90 Å². The van der Waals surface area contributed by atoms with E-state index in [0.717, 1.165) is 48.4 Å². The molecule has 2 aliphatic heterocycles. The largest absolute Gasteiger partial charge is 0.469 e. The molecule has 3 aliphatic rings. The SMILES string of the molecule is CN1CC2c3c(F)cc4c(c3CCC2C1Cc1ccco1)OCO4. The molecule has 24 heavy (non-hydrogen) atoms. The fourth-order valence-corrected chi connectivity index (χ4v) is 4.87. The topological polar surface area (TPSA) is 34.8 Å². The number of benzene rings is 1. The van der Waals surface area contributed by atoms with Gasteiger partial charge in [-0.1, -0.05) is 0 Å². The first kappa shape index (κ1) is 14.3. The third kappa shape index (κ3) is 2.00. The van der Waals surface area contributed by atoms with Crippen molar-refractivity contribution in [3.8, 4) is 11.5 Å². The van der Waals surface area contributed by atoms with E-state index >= 15 is 0 Å². The molecule has 0 radical (unpaired) electrons. The highest BCUT2D eigenvalue weighted by molar-refractivity contribution is 5.55.